The number of hydrogen-bond donors (Lipinski definition) is 2. The van der Waals surface area contributed by atoms with Crippen LogP contribution in [0.4, 0.5) is 0 Å². The lowest BCUT2D eigenvalue weighted by atomic mass is 9.97. The van der Waals surface area contributed by atoms with Crippen LogP contribution in [0.5, 0.6) is 0 Å². The summed E-state index contributed by atoms with van der Waals surface area (Å²) in [6.45, 7) is 2.93. The number of carbonyl (C=O) groups excluding carboxylic acids is 4. The van der Waals surface area contributed by atoms with E-state index in [1.165, 1.54) is 15.5 Å². The number of rotatable bonds is 6. The van der Waals surface area contributed by atoms with E-state index in [2.05, 4.69) is 15.6 Å². The molecule has 1 saturated carbocycles. The Morgan fingerprint density at radius 3 is 2.65 bits per heavy atom. The molecule has 34 heavy (non-hydrogen) atoms. The van der Waals surface area contributed by atoms with Crippen molar-refractivity contribution >= 4 is 46.6 Å². The number of thiazole rings is 1. The van der Waals surface area contributed by atoms with E-state index in [0.717, 1.165) is 24.2 Å². The monoisotopic (exact) mass is 501 g/mol. The number of benzene rings is 1. The van der Waals surface area contributed by atoms with E-state index < -0.39 is 17.9 Å². The van der Waals surface area contributed by atoms with E-state index in [1.54, 1.807) is 24.3 Å². The van der Waals surface area contributed by atoms with Crippen LogP contribution in [0.15, 0.2) is 29.8 Å². The van der Waals surface area contributed by atoms with Gasteiger partial charge in [0.1, 0.15) is 10.9 Å². The second-order valence-corrected chi connectivity index (χ2v) is 10.3. The molecule has 1 aromatic heterocycles. The predicted octanol–water partition coefficient (Wildman–Crippen LogP) is 2.40. The van der Waals surface area contributed by atoms with Crippen LogP contribution in [0, 0.1) is 11.3 Å². The van der Waals surface area contributed by atoms with E-state index in [1.807, 2.05) is 6.92 Å². The van der Waals surface area contributed by atoms with Gasteiger partial charge in [0.05, 0.1) is 24.5 Å². The van der Waals surface area contributed by atoms with Crippen LogP contribution in [0.3, 0.4) is 0 Å². The summed E-state index contributed by atoms with van der Waals surface area (Å²) in [5.41, 5.74) is 2.37. The van der Waals surface area contributed by atoms with Gasteiger partial charge in [-0.1, -0.05) is 36.7 Å². The Kier molecular flexibility index (Phi) is 5.81. The van der Waals surface area contributed by atoms with Crippen LogP contribution >= 0.6 is 22.9 Å². The SMILES string of the molecule is CC[C@H](CNC(=O)c1scnc1Cl)C(=O)N[C@@H]1C(=O)N2CC3(CC3)CN2C(=O)c2ccccc21. The summed E-state index contributed by atoms with van der Waals surface area (Å²) in [5, 5.41) is 8.77. The number of hydrazine groups is 1. The van der Waals surface area contributed by atoms with Crippen molar-refractivity contribution in [2.75, 3.05) is 19.6 Å². The molecule has 2 N–H and O–H groups in total. The van der Waals surface area contributed by atoms with Gasteiger partial charge in [-0.15, -0.1) is 11.3 Å². The summed E-state index contributed by atoms with van der Waals surface area (Å²) in [7, 11) is 0. The summed E-state index contributed by atoms with van der Waals surface area (Å²) >= 11 is 7.04. The largest absolute Gasteiger partial charge is 0.350 e. The quantitative estimate of drug-likeness (QED) is 0.631. The lowest BCUT2D eigenvalue weighted by Crippen LogP contribution is -2.48. The van der Waals surface area contributed by atoms with Crippen molar-refractivity contribution in [2.24, 2.45) is 11.3 Å². The molecule has 4 amide bonds. The summed E-state index contributed by atoms with van der Waals surface area (Å²) < 4.78 is 0. The molecule has 0 bridgehead atoms. The number of hydrogen-bond acceptors (Lipinski definition) is 6. The third-order valence-electron chi connectivity index (χ3n) is 6.85. The summed E-state index contributed by atoms with van der Waals surface area (Å²) in [4.78, 5) is 56.6. The zero-order valence-corrected chi connectivity index (χ0v) is 20.1. The first kappa shape index (κ1) is 22.8. The van der Waals surface area contributed by atoms with Crippen molar-refractivity contribution in [3.63, 3.8) is 0 Å². The van der Waals surface area contributed by atoms with Crippen molar-refractivity contribution in [3.05, 3.63) is 50.9 Å². The molecule has 1 aliphatic carbocycles. The highest BCUT2D eigenvalue weighted by atomic mass is 35.5. The van der Waals surface area contributed by atoms with Crippen LogP contribution in [0.25, 0.3) is 0 Å². The number of carbonyl (C=O) groups is 4. The lowest BCUT2D eigenvalue weighted by molar-refractivity contribution is -0.145. The molecule has 9 nitrogen and oxygen atoms in total. The topological polar surface area (TPSA) is 112 Å². The fraction of sp³-hybridized carbons (Fsp3) is 0.435. The van der Waals surface area contributed by atoms with Gasteiger partial charge in [0.2, 0.25) is 5.91 Å². The maximum Gasteiger partial charge on any atom is 0.272 e. The Morgan fingerprint density at radius 2 is 1.97 bits per heavy atom. The molecule has 1 spiro atoms. The van der Waals surface area contributed by atoms with Crippen LogP contribution in [-0.2, 0) is 9.59 Å². The van der Waals surface area contributed by atoms with Gasteiger partial charge in [-0.2, -0.15) is 0 Å². The Labute approximate surface area is 205 Å². The molecule has 2 atom stereocenters. The first-order valence-corrected chi connectivity index (χ1v) is 12.5. The van der Waals surface area contributed by atoms with Crippen LogP contribution < -0.4 is 10.6 Å². The number of nitrogens with one attached hydrogen (secondary N) is 2. The highest BCUT2D eigenvalue weighted by Crippen LogP contribution is 2.52. The molecule has 5 rings (SSSR count). The van der Waals surface area contributed by atoms with Gasteiger partial charge in [0.25, 0.3) is 17.7 Å². The second kappa shape index (κ2) is 8.66. The van der Waals surface area contributed by atoms with E-state index in [9.17, 15) is 19.2 Å². The van der Waals surface area contributed by atoms with Crippen molar-refractivity contribution in [3.8, 4) is 0 Å². The molecular formula is C23H24ClN5O4S. The van der Waals surface area contributed by atoms with Crippen LogP contribution in [-0.4, -0.2) is 58.3 Å². The lowest BCUT2D eigenvalue weighted by Gasteiger charge is -2.28. The van der Waals surface area contributed by atoms with Gasteiger partial charge in [-0.3, -0.25) is 19.2 Å². The number of halogens is 1. The molecule has 178 valence electrons. The Hall–Kier alpha value is -2.98. The smallest absolute Gasteiger partial charge is 0.272 e. The Bertz CT molecular complexity index is 1180. The molecule has 1 aromatic carbocycles. The van der Waals surface area contributed by atoms with Crippen molar-refractivity contribution < 1.29 is 19.2 Å². The molecule has 2 aliphatic heterocycles. The molecule has 3 aliphatic rings. The van der Waals surface area contributed by atoms with Crippen molar-refractivity contribution in [1.82, 2.24) is 25.6 Å². The molecular weight excluding hydrogens is 478 g/mol. The molecule has 1 saturated heterocycles. The Balaban J connectivity index is 1.35. The van der Waals surface area contributed by atoms with E-state index >= 15 is 0 Å². The van der Waals surface area contributed by atoms with Crippen molar-refractivity contribution in [2.45, 2.75) is 32.2 Å². The van der Waals surface area contributed by atoms with Gasteiger partial charge in [0.15, 0.2) is 5.15 Å². The first-order valence-electron chi connectivity index (χ1n) is 11.2. The minimum Gasteiger partial charge on any atom is -0.350 e. The maximum atomic E-state index is 13.6. The van der Waals surface area contributed by atoms with E-state index in [4.69, 9.17) is 11.6 Å². The number of fused-ring (bicyclic) bond motifs is 2. The normalized spacial score (nSPS) is 21.1. The molecule has 3 heterocycles. The molecule has 2 aromatic rings. The third kappa shape index (κ3) is 3.94. The average molecular weight is 502 g/mol. The zero-order valence-electron chi connectivity index (χ0n) is 18.5. The summed E-state index contributed by atoms with van der Waals surface area (Å²) in [5.74, 6) is -1.87. The third-order valence-corrected chi connectivity index (χ3v) is 8.07. The van der Waals surface area contributed by atoms with Gasteiger partial charge < -0.3 is 10.6 Å². The average Bonchev–Trinajstić information content (AvgIpc) is 3.29. The van der Waals surface area contributed by atoms with Gasteiger partial charge in [-0.05, 0) is 30.9 Å². The fourth-order valence-corrected chi connectivity index (χ4v) is 5.51. The van der Waals surface area contributed by atoms with Crippen LogP contribution in [0.1, 0.15) is 57.8 Å². The summed E-state index contributed by atoms with van der Waals surface area (Å²) in [6, 6.07) is 5.94. The van der Waals surface area contributed by atoms with E-state index in [-0.39, 0.29) is 39.7 Å². The summed E-state index contributed by atoms with van der Waals surface area (Å²) in [6.07, 6.45) is 2.42. The van der Waals surface area contributed by atoms with Gasteiger partial charge >= 0.3 is 0 Å². The first-order chi connectivity index (χ1) is 16.3. The molecule has 2 fully saturated rings. The number of amides is 4. The fourth-order valence-electron chi connectivity index (χ4n) is 4.59. The molecule has 0 radical (unpaired) electrons. The van der Waals surface area contributed by atoms with Gasteiger partial charge in [-0.25, -0.2) is 15.0 Å². The van der Waals surface area contributed by atoms with Gasteiger partial charge in [0, 0.05) is 17.5 Å². The number of aromatic nitrogens is 1. The second-order valence-electron chi connectivity index (χ2n) is 9.08. The highest BCUT2D eigenvalue weighted by molar-refractivity contribution is 7.12. The minimum atomic E-state index is -0.979. The maximum absolute atomic E-state index is 13.6. The standard InChI is InChI=1S/C23H24ClN5O4S/c1-2-13(9-25-20(31)17-18(24)26-12-34-17)19(30)27-16-14-5-3-4-6-15(14)21(32)28-10-23(7-8-23)11-29(28)22(16)33/h3-6,12-13,16H,2,7-11H2,1H3,(H,25,31)(H,27,30)/t13-,16+/m1/s1. The highest BCUT2D eigenvalue weighted by Gasteiger charge is 2.56. The predicted molar refractivity (Wildman–Crippen MR) is 125 cm³/mol. The van der Waals surface area contributed by atoms with E-state index in [0.29, 0.717) is 30.6 Å². The zero-order chi connectivity index (χ0) is 24.0. The molecule has 11 heteroatoms. The molecule has 0 unspecified atom stereocenters. The Morgan fingerprint density at radius 1 is 1.24 bits per heavy atom. The minimum absolute atomic E-state index is 0.0136. The van der Waals surface area contributed by atoms with Crippen LogP contribution in [0.2, 0.25) is 5.15 Å². The van der Waals surface area contributed by atoms with Crippen molar-refractivity contribution in [1.29, 1.82) is 0 Å². The number of nitrogens with zero attached hydrogens (tertiary/aromatic N) is 3.